The smallest absolute Gasteiger partial charge is 0.135 e. The van der Waals surface area contributed by atoms with Gasteiger partial charge in [0.1, 0.15) is 11.2 Å². The number of furan rings is 1. The van der Waals surface area contributed by atoms with Crippen molar-refractivity contribution in [2.75, 3.05) is 4.90 Å². The normalized spacial score (nSPS) is 15.0. The summed E-state index contributed by atoms with van der Waals surface area (Å²) in [7, 11) is 0. The van der Waals surface area contributed by atoms with Crippen molar-refractivity contribution in [1.29, 1.82) is 0 Å². The molecule has 1 aromatic heterocycles. The first kappa shape index (κ1) is 39.9. The molecule has 0 fully saturated rings. The van der Waals surface area contributed by atoms with Gasteiger partial charge in [-0.3, -0.25) is 0 Å². The second-order valence-corrected chi connectivity index (χ2v) is 20.4. The maximum Gasteiger partial charge on any atom is 0.135 e. The summed E-state index contributed by atoms with van der Waals surface area (Å²) in [6.07, 6.45) is 0. The van der Waals surface area contributed by atoms with E-state index in [-0.39, 0.29) is 10.8 Å². The Morgan fingerprint density at radius 2 is 0.725 bits per heavy atom. The van der Waals surface area contributed by atoms with E-state index >= 15 is 0 Å². The van der Waals surface area contributed by atoms with Crippen LogP contribution in [-0.2, 0) is 16.2 Å². The van der Waals surface area contributed by atoms with Crippen molar-refractivity contribution in [1.82, 2.24) is 0 Å². The summed E-state index contributed by atoms with van der Waals surface area (Å²) in [6, 6.07) is 83.6. The lowest BCUT2D eigenvalue weighted by molar-refractivity contribution is 0.563. The highest BCUT2D eigenvalue weighted by Gasteiger charge is 2.53. The van der Waals surface area contributed by atoms with Gasteiger partial charge in [-0.1, -0.05) is 191 Å². The van der Waals surface area contributed by atoms with Crippen molar-refractivity contribution in [2.45, 2.75) is 43.9 Å². The monoisotopic (exact) mass is 883 g/mol. The third-order valence-corrected chi connectivity index (χ3v) is 16.2. The zero-order valence-corrected chi connectivity index (χ0v) is 39.2. The lowest BCUT2D eigenvalue weighted by Crippen LogP contribution is -2.40. The van der Waals surface area contributed by atoms with Crippen LogP contribution < -0.4 is 4.90 Å². The van der Waals surface area contributed by atoms with Crippen LogP contribution in [0.2, 0.25) is 0 Å². The van der Waals surface area contributed by atoms with Gasteiger partial charge in [0, 0.05) is 38.7 Å². The molecular formula is C67H49NO. The molecule has 10 aromatic carbocycles. The second kappa shape index (κ2) is 14.4. The molecule has 0 N–H and O–H groups in total. The molecule has 69 heavy (non-hydrogen) atoms. The summed E-state index contributed by atoms with van der Waals surface area (Å²) in [4.78, 5) is 2.41. The summed E-state index contributed by atoms with van der Waals surface area (Å²) in [5.41, 5.74) is 25.2. The summed E-state index contributed by atoms with van der Waals surface area (Å²) in [5.74, 6) is 0. The van der Waals surface area contributed by atoms with E-state index < -0.39 is 5.41 Å². The van der Waals surface area contributed by atoms with Gasteiger partial charge in [0.15, 0.2) is 0 Å². The molecule has 2 heteroatoms. The molecule has 1 spiro atoms. The topological polar surface area (TPSA) is 16.4 Å². The average Bonchev–Trinajstić information content (AvgIpc) is 3.99. The van der Waals surface area contributed by atoms with Gasteiger partial charge in [-0.25, -0.2) is 0 Å². The fraction of sp³-hybridized carbons (Fsp3) is 0.104. The lowest BCUT2D eigenvalue weighted by atomic mass is 9.55. The minimum Gasteiger partial charge on any atom is -0.456 e. The first-order valence-electron chi connectivity index (χ1n) is 24.3. The number of hydrogen-bond donors (Lipinski definition) is 0. The van der Waals surface area contributed by atoms with Crippen LogP contribution in [0.3, 0.4) is 0 Å². The molecule has 328 valence electrons. The van der Waals surface area contributed by atoms with Crippen LogP contribution in [-0.4, -0.2) is 0 Å². The van der Waals surface area contributed by atoms with E-state index in [4.69, 9.17) is 4.42 Å². The van der Waals surface area contributed by atoms with Gasteiger partial charge in [0.05, 0.1) is 5.41 Å². The van der Waals surface area contributed by atoms with Gasteiger partial charge >= 0.3 is 0 Å². The van der Waals surface area contributed by atoms with Crippen molar-refractivity contribution in [3.8, 4) is 44.5 Å². The largest absolute Gasteiger partial charge is 0.456 e. The van der Waals surface area contributed by atoms with E-state index in [0.29, 0.717) is 0 Å². The van der Waals surface area contributed by atoms with Crippen LogP contribution in [0.1, 0.15) is 72.2 Å². The van der Waals surface area contributed by atoms with E-state index in [2.05, 4.69) is 257 Å². The lowest BCUT2D eigenvalue weighted by Gasteiger charge is -2.46. The van der Waals surface area contributed by atoms with Crippen molar-refractivity contribution in [3.63, 3.8) is 0 Å². The molecule has 0 unspecified atom stereocenters. The SMILES string of the molecule is CC1(C)c2ccccc2-c2ccc(N(c3ccc(-c4ccccc4)cc3)c3ccc4oc5ccc(-c6ccc7c(c6)C6(c8ccccc8-7)c7ccccc7C(C)(C)c7ccccc76)cc5c4c3)cc21. The Labute approximate surface area is 403 Å². The minimum absolute atomic E-state index is 0.133. The van der Waals surface area contributed by atoms with Crippen molar-refractivity contribution in [2.24, 2.45) is 0 Å². The van der Waals surface area contributed by atoms with Crippen molar-refractivity contribution < 1.29 is 4.42 Å². The van der Waals surface area contributed by atoms with Gasteiger partial charge in [-0.15, -0.1) is 0 Å². The number of hydrogen-bond acceptors (Lipinski definition) is 2. The Morgan fingerprint density at radius 3 is 1.43 bits per heavy atom. The molecule has 3 aliphatic carbocycles. The van der Waals surface area contributed by atoms with Crippen LogP contribution in [0.5, 0.6) is 0 Å². The maximum absolute atomic E-state index is 6.66. The van der Waals surface area contributed by atoms with Crippen LogP contribution in [0.15, 0.2) is 229 Å². The zero-order valence-electron chi connectivity index (χ0n) is 39.2. The van der Waals surface area contributed by atoms with E-state index in [1.54, 1.807) is 0 Å². The molecule has 0 bridgehead atoms. The Bertz CT molecular complexity index is 3860. The van der Waals surface area contributed by atoms with E-state index in [1.807, 2.05) is 0 Å². The van der Waals surface area contributed by atoms with Gasteiger partial charge in [-0.2, -0.15) is 0 Å². The molecule has 11 aromatic rings. The molecule has 0 saturated carbocycles. The Balaban J connectivity index is 0.929. The van der Waals surface area contributed by atoms with Crippen molar-refractivity contribution >= 4 is 39.0 Å². The first-order chi connectivity index (χ1) is 33.7. The van der Waals surface area contributed by atoms with Gasteiger partial charge < -0.3 is 9.32 Å². The van der Waals surface area contributed by atoms with Gasteiger partial charge in [0.25, 0.3) is 0 Å². The molecule has 0 atom stereocenters. The molecule has 0 aliphatic heterocycles. The van der Waals surface area contributed by atoms with E-state index in [0.717, 1.165) is 44.6 Å². The summed E-state index contributed by atoms with van der Waals surface area (Å²) >= 11 is 0. The molecule has 0 radical (unpaired) electrons. The average molecular weight is 884 g/mol. The van der Waals surface area contributed by atoms with Gasteiger partial charge in [-0.05, 0) is 150 Å². The number of rotatable bonds is 5. The Hall–Kier alpha value is -8.20. The highest BCUT2D eigenvalue weighted by atomic mass is 16.3. The third kappa shape index (κ3) is 5.55. The Morgan fingerprint density at radius 1 is 0.290 bits per heavy atom. The number of benzene rings is 10. The Kier molecular flexibility index (Phi) is 8.33. The van der Waals surface area contributed by atoms with Crippen molar-refractivity contribution in [3.05, 3.63) is 269 Å². The highest BCUT2D eigenvalue weighted by molar-refractivity contribution is 6.08. The number of nitrogens with zero attached hydrogens (tertiary/aromatic N) is 1. The molecular weight excluding hydrogens is 835 g/mol. The fourth-order valence-corrected chi connectivity index (χ4v) is 12.8. The van der Waals surface area contributed by atoms with E-state index in [1.165, 1.54) is 83.5 Å². The highest BCUT2D eigenvalue weighted by Crippen LogP contribution is 2.62. The fourth-order valence-electron chi connectivity index (χ4n) is 12.8. The van der Waals surface area contributed by atoms with Crippen LogP contribution in [0.4, 0.5) is 17.1 Å². The summed E-state index contributed by atoms with van der Waals surface area (Å²) < 4.78 is 6.66. The number of fused-ring (bicyclic) bond motifs is 15. The standard InChI is InChI=1S/C67H49NO/c1-65(2)55-20-10-8-18-49(55)51-35-32-48(41-61(51)65)68(46-30-26-43(27-31-46)42-16-6-5-7-17-42)47-33-37-64-54(40-47)53-38-44(29-36-63(53)69-64)45-28-34-52-50-19-9-11-21-56(50)67(62(52)39-45)59-24-14-12-22-57(59)66(3,4)58-23-13-15-25-60(58)67/h5-41H,1-4H3. The third-order valence-electron chi connectivity index (χ3n) is 16.2. The zero-order chi connectivity index (χ0) is 46.2. The minimum atomic E-state index is -0.454. The molecule has 0 saturated heterocycles. The summed E-state index contributed by atoms with van der Waals surface area (Å²) in [5, 5.41) is 2.19. The number of anilines is 3. The van der Waals surface area contributed by atoms with Crippen LogP contribution >= 0.6 is 0 Å². The molecule has 1 heterocycles. The predicted octanol–water partition coefficient (Wildman–Crippen LogP) is 17.7. The molecule has 3 aliphatic rings. The second-order valence-electron chi connectivity index (χ2n) is 20.4. The van der Waals surface area contributed by atoms with Crippen LogP contribution in [0.25, 0.3) is 66.4 Å². The predicted molar refractivity (Wildman–Crippen MR) is 286 cm³/mol. The maximum atomic E-state index is 6.66. The molecule has 14 rings (SSSR count). The molecule has 0 amide bonds. The van der Waals surface area contributed by atoms with Crippen LogP contribution in [0, 0.1) is 0 Å². The van der Waals surface area contributed by atoms with E-state index in [9.17, 15) is 0 Å². The summed E-state index contributed by atoms with van der Waals surface area (Å²) in [6.45, 7) is 9.49. The molecule has 2 nitrogen and oxygen atoms in total. The first-order valence-corrected chi connectivity index (χ1v) is 24.3. The quantitative estimate of drug-likeness (QED) is 0.171. The van der Waals surface area contributed by atoms with Gasteiger partial charge in [0.2, 0.25) is 0 Å².